The van der Waals surface area contributed by atoms with Gasteiger partial charge in [-0.3, -0.25) is 0 Å². The van der Waals surface area contributed by atoms with Crippen LogP contribution < -0.4 is 9.47 Å². The van der Waals surface area contributed by atoms with Crippen molar-refractivity contribution >= 4 is 6.16 Å². The van der Waals surface area contributed by atoms with Crippen LogP contribution in [0.25, 0.3) is 11.3 Å². The third kappa shape index (κ3) is 3.23. The fourth-order valence-electron chi connectivity index (χ4n) is 2.31. The smallest absolute Gasteiger partial charge is 0.395 e. The van der Waals surface area contributed by atoms with E-state index in [1.807, 2.05) is 43.3 Å². The number of benzene rings is 2. The fraction of sp³-hybridized carbons (Fsp3) is 0.111. The van der Waals surface area contributed by atoms with Gasteiger partial charge in [0.05, 0.1) is 5.69 Å². The Bertz CT molecular complexity index is 811. The molecule has 0 saturated heterocycles. The van der Waals surface area contributed by atoms with Crippen LogP contribution in [0.4, 0.5) is 4.79 Å². The van der Waals surface area contributed by atoms with Gasteiger partial charge in [-0.15, -0.1) is 0 Å². The number of para-hydroxylation sites is 1. The Balaban J connectivity index is 1.81. The van der Waals surface area contributed by atoms with E-state index in [1.54, 1.807) is 31.3 Å². The molecule has 23 heavy (non-hydrogen) atoms. The van der Waals surface area contributed by atoms with Gasteiger partial charge in [0.15, 0.2) is 0 Å². The van der Waals surface area contributed by atoms with Crippen molar-refractivity contribution in [3.05, 3.63) is 66.2 Å². The zero-order valence-corrected chi connectivity index (χ0v) is 12.9. The normalized spacial score (nSPS) is 10.3. The van der Waals surface area contributed by atoms with Crippen LogP contribution in [0.3, 0.4) is 0 Å². The van der Waals surface area contributed by atoms with Crippen LogP contribution in [0, 0.1) is 6.92 Å². The van der Waals surface area contributed by atoms with E-state index >= 15 is 0 Å². The summed E-state index contributed by atoms with van der Waals surface area (Å²) in [7, 11) is 1.73. The Morgan fingerprint density at radius 2 is 1.57 bits per heavy atom. The summed E-state index contributed by atoms with van der Waals surface area (Å²) in [5, 5.41) is 4.42. The van der Waals surface area contributed by atoms with Gasteiger partial charge in [0.1, 0.15) is 5.75 Å². The van der Waals surface area contributed by atoms with Crippen molar-refractivity contribution < 1.29 is 14.3 Å². The van der Waals surface area contributed by atoms with Gasteiger partial charge in [0, 0.05) is 18.2 Å². The average molecular weight is 308 g/mol. The summed E-state index contributed by atoms with van der Waals surface area (Å²) in [5.74, 6) is 0.797. The van der Waals surface area contributed by atoms with Crippen LogP contribution in [0.5, 0.6) is 11.6 Å². The van der Waals surface area contributed by atoms with Crippen molar-refractivity contribution in [2.75, 3.05) is 0 Å². The van der Waals surface area contributed by atoms with Gasteiger partial charge in [-0.1, -0.05) is 48.5 Å². The number of nitrogens with zero attached hydrogens (tertiary/aromatic N) is 2. The molecule has 0 fully saturated rings. The number of ether oxygens (including phenoxy) is 2. The van der Waals surface area contributed by atoms with Gasteiger partial charge in [0.25, 0.3) is 0 Å². The maximum absolute atomic E-state index is 11.9. The second-order valence-electron chi connectivity index (χ2n) is 5.04. The molecule has 5 nitrogen and oxygen atoms in total. The molecular weight excluding hydrogens is 292 g/mol. The van der Waals surface area contributed by atoms with E-state index in [4.69, 9.17) is 9.47 Å². The number of carbonyl (C=O) groups excluding carboxylic acids is 1. The Morgan fingerprint density at radius 1 is 0.957 bits per heavy atom. The van der Waals surface area contributed by atoms with Crippen LogP contribution >= 0.6 is 0 Å². The molecule has 0 N–H and O–H groups in total. The van der Waals surface area contributed by atoms with Crippen molar-refractivity contribution in [2.45, 2.75) is 6.92 Å². The highest BCUT2D eigenvalue weighted by Gasteiger charge is 2.19. The van der Waals surface area contributed by atoms with Gasteiger partial charge in [0.2, 0.25) is 5.88 Å². The van der Waals surface area contributed by atoms with E-state index < -0.39 is 6.16 Å². The van der Waals surface area contributed by atoms with Crippen molar-refractivity contribution in [3.8, 4) is 22.9 Å². The molecule has 0 aliphatic carbocycles. The third-order valence-electron chi connectivity index (χ3n) is 3.39. The molecule has 0 amide bonds. The molecule has 0 spiro atoms. The molecule has 1 aromatic heterocycles. The highest BCUT2D eigenvalue weighted by Crippen LogP contribution is 2.29. The fourth-order valence-corrected chi connectivity index (χ4v) is 2.31. The minimum atomic E-state index is -0.790. The standard InChI is InChI=1S/C18H16N2O3/c1-13-16(14-9-5-3-6-10-14)19-20(2)17(13)23-18(21)22-15-11-7-4-8-12-15/h3-12H,1-2H3. The summed E-state index contributed by atoms with van der Waals surface area (Å²) in [5.41, 5.74) is 2.52. The summed E-state index contributed by atoms with van der Waals surface area (Å²) >= 11 is 0. The molecule has 2 aromatic carbocycles. The van der Waals surface area contributed by atoms with Crippen molar-refractivity contribution in [2.24, 2.45) is 7.05 Å². The molecule has 5 heteroatoms. The molecular formula is C18H16N2O3. The Labute approximate surface area is 134 Å². The molecule has 0 aliphatic rings. The number of hydrogen-bond acceptors (Lipinski definition) is 4. The summed E-state index contributed by atoms with van der Waals surface area (Å²) < 4.78 is 12.0. The zero-order valence-electron chi connectivity index (χ0n) is 12.9. The van der Waals surface area contributed by atoms with Crippen LogP contribution in [-0.2, 0) is 7.05 Å². The SMILES string of the molecule is Cc1c(-c2ccccc2)nn(C)c1OC(=O)Oc1ccccc1. The summed E-state index contributed by atoms with van der Waals surface area (Å²) in [6, 6.07) is 18.5. The van der Waals surface area contributed by atoms with Gasteiger partial charge < -0.3 is 9.47 Å². The second-order valence-corrected chi connectivity index (χ2v) is 5.04. The summed E-state index contributed by atoms with van der Waals surface area (Å²) in [4.78, 5) is 11.9. The van der Waals surface area contributed by atoms with E-state index in [1.165, 1.54) is 4.68 Å². The molecule has 0 aliphatic heterocycles. The van der Waals surface area contributed by atoms with Crippen molar-refractivity contribution in [1.29, 1.82) is 0 Å². The van der Waals surface area contributed by atoms with Crippen LogP contribution in [0.1, 0.15) is 5.56 Å². The summed E-state index contributed by atoms with van der Waals surface area (Å²) in [6.07, 6.45) is -0.790. The number of hydrogen-bond donors (Lipinski definition) is 0. The topological polar surface area (TPSA) is 53.4 Å². The average Bonchev–Trinajstić information content (AvgIpc) is 2.85. The minimum absolute atomic E-state index is 0.366. The molecule has 0 unspecified atom stereocenters. The highest BCUT2D eigenvalue weighted by atomic mass is 16.7. The van der Waals surface area contributed by atoms with Crippen molar-refractivity contribution in [3.63, 3.8) is 0 Å². The second kappa shape index (κ2) is 6.36. The maximum atomic E-state index is 11.9. The monoisotopic (exact) mass is 308 g/mol. The minimum Gasteiger partial charge on any atom is -0.395 e. The molecule has 3 aromatic rings. The van der Waals surface area contributed by atoms with Gasteiger partial charge in [-0.25, -0.2) is 9.48 Å². The van der Waals surface area contributed by atoms with Crippen molar-refractivity contribution in [1.82, 2.24) is 9.78 Å². The maximum Gasteiger partial charge on any atom is 0.520 e. The lowest BCUT2D eigenvalue weighted by Gasteiger charge is -2.06. The number of aromatic nitrogens is 2. The first-order chi connectivity index (χ1) is 11.1. The molecule has 0 bridgehead atoms. The highest BCUT2D eigenvalue weighted by molar-refractivity contribution is 5.70. The molecule has 1 heterocycles. The van der Waals surface area contributed by atoms with E-state index in [-0.39, 0.29) is 0 Å². The van der Waals surface area contributed by atoms with E-state index in [0.717, 1.165) is 16.8 Å². The number of rotatable bonds is 3. The van der Waals surface area contributed by atoms with Gasteiger partial charge >= 0.3 is 6.16 Å². The lowest BCUT2D eigenvalue weighted by molar-refractivity contribution is 0.147. The molecule has 0 radical (unpaired) electrons. The van der Waals surface area contributed by atoms with E-state index in [2.05, 4.69) is 5.10 Å². The van der Waals surface area contributed by atoms with Gasteiger partial charge in [-0.2, -0.15) is 5.10 Å². The first-order valence-corrected chi connectivity index (χ1v) is 7.19. The Kier molecular flexibility index (Phi) is 4.10. The third-order valence-corrected chi connectivity index (χ3v) is 3.39. The molecule has 3 rings (SSSR count). The molecule has 0 saturated carbocycles. The van der Waals surface area contributed by atoms with Gasteiger partial charge in [-0.05, 0) is 19.1 Å². The van der Waals surface area contributed by atoms with Crippen LogP contribution in [0.15, 0.2) is 60.7 Å². The zero-order chi connectivity index (χ0) is 16.2. The first kappa shape index (κ1) is 14.8. The van der Waals surface area contributed by atoms with E-state index in [0.29, 0.717) is 11.6 Å². The van der Waals surface area contributed by atoms with Crippen LogP contribution in [0.2, 0.25) is 0 Å². The Hall–Kier alpha value is -3.08. The Morgan fingerprint density at radius 3 is 2.22 bits per heavy atom. The van der Waals surface area contributed by atoms with Crippen LogP contribution in [-0.4, -0.2) is 15.9 Å². The quantitative estimate of drug-likeness (QED) is 0.542. The predicted octanol–water partition coefficient (Wildman–Crippen LogP) is 3.97. The lowest BCUT2D eigenvalue weighted by atomic mass is 10.1. The molecule has 116 valence electrons. The predicted molar refractivity (Wildman–Crippen MR) is 86.5 cm³/mol. The largest absolute Gasteiger partial charge is 0.520 e. The first-order valence-electron chi connectivity index (χ1n) is 7.19. The van der Waals surface area contributed by atoms with E-state index in [9.17, 15) is 4.79 Å². The number of aryl methyl sites for hydroxylation is 1. The summed E-state index contributed by atoms with van der Waals surface area (Å²) in [6.45, 7) is 1.86. The number of carbonyl (C=O) groups is 1. The molecule has 0 atom stereocenters. The lowest BCUT2D eigenvalue weighted by Crippen LogP contribution is -2.16.